The molecule has 0 unspecified atom stereocenters. The Morgan fingerprint density at radius 2 is 2.14 bits per heavy atom. The predicted molar refractivity (Wildman–Crippen MR) is 80.6 cm³/mol. The summed E-state index contributed by atoms with van der Waals surface area (Å²) in [6, 6.07) is 9.74. The summed E-state index contributed by atoms with van der Waals surface area (Å²) < 4.78 is 8.39. The van der Waals surface area contributed by atoms with Crippen LogP contribution in [-0.4, -0.2) is 47.0 Å². The third-order valence-electron chi connectivity index (χ3n) is 3.30. The largest absolute Gasteiger partial charge is 0.464 e. The number of esters is 1. The van der Waals surface area contributed by atoms with Gasteiger partial charge >= 0.3 is 5.97 Å². The van der Waals surface area contributed by atoms with E-state index in [1.807, 2.05) is 29.0 Å². The highest BCUT2D eigenvalue weighted by Crippen LogP contribution is 2.07. The van der Waals surface area contributed by atoms with Gasteiger partial charge in [0.05, 0.1) is 25.6 Å². The summed E-state index contributed by atoms with van der Waals surface area (Å²) >= 11 is 0. The van der Waals surface area contributed by atoms with Crippen LogP contribution in [0.2, 0.25) is 0 Å². The third-order valence-corrected chi connectivity index (χ3v) is 3.30. The zero-order valence-electron chi connectivity index (χ0n) is 12.4. The van der Waals surface area contributed by atoms with Gasteiger partial charge in [-0.2, -0.15) is 0 Å². The zero-order valence-corrected chi connectivity index (χ0v) is 12.4. The van der Waals surface area contributed by atoms with Crippen LogP contribution >= 0.6 is 0 Å². The molecular formula is C16H20N3O2+. The van der Waals surface area contributed by atoms with Crippen LogP contribution in [0.15, 0.2) is 42.9 Å². The van der Waals surface area contributed by atoms with E-state index in [-0.39, 0.29) is 5.97 Å². The molecule has 0 spiro atoms. The molecule has 5 heteroatoms. The molecule has 0 aliphatic carbocycles. The Morgan fingerprint density at radius 3 is 2.76 bits per heavy atom. The first-order valence-corrected chi connectivity index (χ1v) is 6.76. The maximum atomic E-state index is 11.7. The molecular weight excluding hydrogens is 266 g/mol. The van der Waals surface area contributed by atoms with Crippen molar-refractivity contribution < 1.29 is 14.1 Å². The van der Waals surface area contributed by atoms with Crippen LogP contribution in [0, 0.1) is 0 Å². The number of ether oxygens (including phenoxy) is 1. The third kappa shape index (κ3) is 4.02. The van der Waals surface area contributed by atoms with E-state index < -0.39 is 6.04 Å². The first-order chi connectivity index (χ1) is 10.1. The average Bonchev–Trinajstić information content (AvgIpc) is 2.92. The summed E-state index contributed by atoms with van der Waals surface area (Å²) in [4.78, 5) is 16.1. The second-order valence-electron chi connectivity index (χ2n) is 5.02. The van der Waals surface area contributed by atoms with Gasteiger partial charge in [0.2, 0.25) is 0 Å². The molecule has 0 aliphatic rings. The van der Waals surface area contributed by atoms with Gasteiger partial charge in [-0.1, -0.05) is 30.3 Å². The minimum Gasteiger partial charge on any atom is -0.464 e. The Labute approximate surface area is 124 Å². The van der Waals surface area contributed by atoms with Gasteiger partial charge in [-0.25, -0.2) is 14.4 Å². The number of aromatic nitrogens is 2. The molecule has 110 valence electrons. The monoisotopic (exact) mass is 286 g/mol. The van der Waals surface area contributed by atoms with E-state index in [0.717, 1.165) is 12.2 Å². The number of nitrogens with zero attached hydrogens (tertiary/aromatic N) is 3. The van der Waals surface area contributed by atoms with Crippen molar-refractivity contribution in [1.82, 2.24) is 9.55 Å². The van der Waals surface area contributed by atoms with Gasteiger partial charge in [-0.15, -0.1) is 0 Å². The SMILES string of the molecule is C=[N+](C)[C@@H](Cc1cn(Cc2ccccc2)cn1)C(=O)OC. The first-order valence-electron chi connectivity index (χ1n) is 6.76. The summed E-state index contributed by atoms with van der Waals surface area (Å²) in [6.07, 6.45) is 4.21. The molecule has 0 saturated carbocycles. The van der Waals surface area contributed by atoms with Crippen LogP contribution in [0.3, 0.4) is 0 Å². The molecule has 21 heavy (non-hydrogen) atoms. The lowest BCUT2D eigenvalue weighted by atomic mass is 10.1. The molecule has 0 radical (unpaired) electrons. The van der Waals surface area contributed by atoms with E-state index in [1.54, 1.807) is 18.0 Å². The molecule has 0 saturated heterocycles. The summed E-state index contributed by atoms with van der Waals surface area (Å²) in [5, 5.41) is 0. The maximum Gasteiger partial charge on any atom is 0.375 e. The van der Waals surface area contributed by atoms with Crippen molar-refractivity contribution in [2.75, 3.05) is 14.2 Å². The van der Waals surface area contributed by atoms with Crippen LogP contribution in [0.5, 0.6) is 0 Å². The molecule has 1 heterocycles. The number of benzene rings is 1. The van der Waals surface area contributed by atoms with Crippen LogP contribution < -0.4 is 0 Å². The van der Waals surface area contributed by atoms with Crippen molar-refractivity contribution >= 4 is 12.7 Å². The Bertz CT molecular complexity index is 619. The quantitative estimate of drug-likeness (QED) is 0.457. The van der Waals surface area contributed by atoms with Crippen LogP contribution in [0.4, 0.5) is 0 Å². The van der Waals surface area contributed by atoms with Crippen molar-refractivity contribution in [2.24, 2.45) is 0 Å². The molecule has 1 aromatic carbocycles. The van der Waals surface area contributed by atoms with E-state index >= 15 is 0 Å². The Balaban J connectivity index is 2.05. The minimum atomic E-state index is -0.421. The normalized spacial score (nSPS) is 11.9. The molecule has 2 rings (SSSR count). The van der Waals surface area contributed by atoms with Crippen molar-refractivity contribution in [3.05, 3.63) is 54.1 Å². The number of likely N-dealkylation sites (N-methyl/N-ethyl adjacent to an activating group) is 1. The lowest BCUT2D eigenvalue weighted by Gasteiger charge is -2.08. The Kier molecular flexibility index (Phi) is 4.87. The fourth-order valence-corrected chi connectivity index (χ4v) is 2.15. The number of carbonyl (C=O) groups excluding carboxylic acids is 1. The number of carbonyl (C=O) groups is 1. The van der Waals surface area contributed by atoms with Crippen molar-refractivity contribution in [2.45, 2.75) is 19.0 Å². The van der Waals surface area contributed by atoms with Gasteiger partial charge in [0.1, 0.15) is 13.8 Å². The van der Waals surface area contributed by atoms with Crippen molar-refractivity contribution in [1.29, 1.82) is 0 Å². The molecule has 0 fully saturated rings. The highest BCUT2D eigenvalue weighted by molar-refractivity contribution is 5.74. The lowest BCUT2D eigenvalue weighted by Crippen LogP contribution is -2.34. The first kappa shape index (κ1) is 15.0. The van der Waals surface area contributed by atoms with Gasteiger partial charge in [0, 0.05) is 12.7 Å². The van der Waals surface area contributed by atoms with E-state index in [1.165, 1.54) is 12.7 Å². The number of imidazole rings is 1. The molecule has 1 atom stereocenters. The van der Waals surface area contributed by atoms with Gasteiger partial charge < -0.3 is 9.30 Å². The summed E-state index contributed by atoms with van der Waals surface area (Å²) in [5.74, 6) is -0.301. The second-order valence-corrected chi connectivity index (χ2v) is 5.02. The number of methoxy groups -OCH3 is 1. The molecule has 5 nitrogen and oxygen atoms in total. The highest BCUT2D eigenvalue weighted by Gasteiger charge is 2.27. The summed E-state index contributed by atoms with van der Waals surface area (Å²) in [5.41, 5.74) is 2.05. The minimum absolute atomic E-state index is 0.301. The molecule has 0 bridgehead atoms. The number of rotatable bonds is 6. The van der Waals surface area contributed by atoms with E-state index in [4.69, 9.17) is 4.74 Å². The van der Waals surface area contributed by atoms with Crippen molar-refractivity contribution in [3.8, 4) is 0 Å². The van der Waals surface area contributed by atoms with Crippen LogP contribution in [0.25, 0.3) is 0 Å². The topological polar surface area (TPSA) is 47.1 Å². The highest BCUT2D eigenvalue weighted by atomic mass is 16.5. The molecule has 1 aromatic heterocycles. The molecule has 2 aromatic rings. The maximum absolute atomic E-state index is 11.7. The predicted octanol–water partition coefficient (Wildman–Crippen LogP) is 1.36. The second kappa shape index (κ2) is 6.83. The summed E-state index contributed by atoms with van der Waals surface area (Å²) in [6.45, 7) is 4.54. The Hall–Kier alpha value is -2.43. The van der Waals surface area contributed by atoms with Gasteiger partial charge in [-0.05, 0) is 5.56 Å². The fourth-order valence-electron chi connectivity index (χ4n) is 2.15. The van der Waals surface area contributed by atoms with E-state index in [0.29, 0.717) is 6.42 Å². The molecule has 0 aliphatic heterocycles. The molecule has 0 amide bonds. The Morgan fingerprint density at radius 1 is 1.43 bits per heavy atom. The van der Waals surface area contributed by atoms with E-state index in [2.05, 4.69) is 23.8 Å². The van der Waals surface area contributed by atoms with Crippen LogP contribution in [0.1, 0.15) is 11.3 Å². The zero-order chi connectivity index (χ0) is 15.2. The fraction of sp³-hybridized carbons (Fsp3) is 0.312. The lowest BCUT2D eigenvalue weighted by molar-refractivity contribution is -0.517. The standard InChI is InChI=1S/C16H20N3O2/c1-18(2)15(16(20)21-3)9-14-11-19(12-17-14)10-13-7-5-4-6-8-13/h4-8,11-12,15H,1,9-10H2,2-3H3/q+1/t15-/m0/s1. The smallest absolute Gasteiger partial charge is 0.375 e. The number of hydrogen-bond acceptors (Lipinski definition) is 3. The van der Waals surface area contributed by atoms with Crippen molar-refractivity contribution in [3.63, 3.8) is 0 Å². The number of hydrogen-bond donors (Lipinski definition) is 0. The van der Waals surface area contributed by atoms with Gasteiger partial charge in [-0.3, -0.25) is 0 Å². The summed E-state index contributed by atoms with van der Waals surface area (Å²) in [7, 11) is 3.13. The van der Waals surface area contributed by atoms with Crippen LogP contribution in [-0.2, 0) is 22.5 Å². The van der Waals surface area contributed by atoms with E-state index in [9.17, 15) is 4.79 Å². The average molecular weight is 286 g/mol. The molecule has 0 N–H and O–H groups in total. The van der Waals surface area contributed by atoms with Gasteiger partial charge in [0.15, 0.2) is 0 Å². The van der Waals surface area contributed by atoms with Gasteiger partial charge in [0.25, 0.3) is 6.04 Å².